The summed E-state index contributed by atoms with van der Waals surface area (Å²) in [6.45, 7) is 0. The van der Waals surface area contributed by atoms with Crippen LogP contribution in [0.15, 0.2) is 28.7 Å². The first-order valence-corrected chi connectivity index (χ1v) is 8.16. The number of carbonyl (C=O) groups is 1. The third kappa shape index (κ3) is 2.63. The molecule has 1 aromatic carbocycles. The van der Waals surface area contributed by atoms with Crippen molar-refractivity contribution in [3.05, 3.63) is 34.3 Å². The fraction of sp³-hybridized carbons (Fsp3) is 0.562. The summed E-state index contributed by atoms with van der Waals surface area (Å²) in [6.07, 6.45) is 5.28. The van der Waals surface area contributed by atoms with E-state index in [1.807, 2.05) is 24.3 Å². The Morgan fingerprint density at radius 1 is 1.20 bits per heavy atom. The van der Waals surface area contributed by atoms with E-state index in [2.05, 4.69) is 21.2 Å². The van der Waals surface area contributed by atoms with Crippen LogP contribution in [0.3, 0.4) is 0 Å². The van der Waals surface area contributed by atoms with Gasteiger partial charge in [0.1, 0.15) is 0 Å². The van der Waals surface area contributed by atoms with Crippen LogP contribution in [0.4, 0.5) is 0 Å². The molecule has 0 bridgehead atoms. The molecule has 2 atom stereocenters. The van der Waals surface area contributed by atoms with Crippen LogP contribution in [0.2, 0.25) is 0 Å². The van der Waals surface area contributed by atoms with Crippen molar-refractivity contribution in [3.8, 4) is 0 Å². The maximum absolute atomic E-state index is 12.6. The highest BCUT2D eigenvalue weighted by molar-refractivity contribution is 9.10. The lowest BCUT2D eigenvalue weighted by molar-refractivity contribution is -0.125. The molecule has 0 unspecified atom stereocenters. The fourth-order valence-electron chi connectivity index (χ4n) is 3.13. The molecule has 0 aromatic heterocycles. The van der Waals surface area contributed by atoms with Gasteiger partial charge < -0.3 is 10.4 Å². The maximum Gasteiger partial charge on any atom is 0.230 e. The minimum Gasteiger partial charge on any atom is -0.391 e. The molecular weight excluding hydrogens is 318 g/mol. The third-order valence-electron chi connectivity index (χ3n) is 4.63. The number of benzene rings is 1. The Labute approximate surface area is 127 Å². The summed E-state index contributed by atoms with van der Waals surface area (Å²) in [6, 6.07) is 7.95. The molecule has 0 saturated heterocycles. The molecule has 0 radical (unpaired) electrons. The summed E-state index contributed by atoms with van der Waals surface area (Å²) >= 11 is 3.42. The number of aliphatic hydroxyl groups excluding tert-OH is 1. The zero-order valence-corrected chi connectivity index (χ0v) is 13.0. The summed E-state index contributed by atoms with van der Waals surface area (Å²) in [5, 5.41) is 13.1. The van der Waals surface area contributed by atoms with Crippen molar-refractivity contribution in [2.24, 2.45) is 0 Å². The van der Waals surface area contributed by atoms with E-state index >= 15 is 0 Å². The van der Waals surface area contributed by atoms with Gasteiger partial charge in [-0.05, 0) is 43.4 Å². The number of carbonyl (C=O) groups excluding carboxylic acids is 1. The molecular formula is C16H20BrNO2. The van der Waals surface area contributed by atoms with Crippen molar-refractivity contribution in [1.29, 1.82) is 0 Å². The minimum atomic E-state index is -0.381. The molecule has 4 heteroatoms. The first-order valence-electron chi connectivity index (χ1n) is 7.37. The van der Waals surface area contributed by atoms with Crippen LogP contribution in [0.1, 0.15) is 44.1 Å². The largest absolute Gasteiger partial charge is 0.391 e. The Morgan fingerprint density at radius 3 is 2.45 bits per heavy atom. The molecule has 2 fully saturated rings. The summed E-state index contributed by atoms with van der Waals surface area (Å²) in [7, 11) is 0. The smallest absolute Gasteiger partial charge is 0.230 e. The van der Waals surface area contributed by atoms with Crippen LogP contribution in [-0.4, -0.2) is 23.2 Å². The number of halogens is 1. The van der Waals surface area contributed by atoms with Crippen LogP contribution < -0.4 is 5.32 Å². The van der Waals surface area contributed by atoms with Gasteiger partial charge in [-0.1, -0.05) is 40.9 Å². The molecule has 2 saturated carbocycles. The number of amides is 1. The second-order valence-electron chi connectivity index (χ2n) is 6.02. The van der Waals surface area contributed by atoms with E-state index in [0.717, 1.165) is 48.6 Å². The van der Waals surface area contributed by atoms with Gasteiger partial charge in [-0.2, -0.15) is 0 Å². The molecule has 2 aliphatic rings. The molecule has 20 heavy (non-hydrogen) atoms. The van der Waals surface area contributed by atoms with Gasteiger partial charge in [0.25, 0.3) is 0 Å². The Kier molecular flexibility index (Phi) is 3.87. The summed E-state index contributed by atoms with van der Waals surface area (Å²) in [5.41, 5.74) is 0.737. The molecule has 3 nitrogen and oxygen atoms in total. The highest BCUT2D eigenvalue weighted by Crippen LogP contribution is 2.48. The predicted molar refractivity (Wildman–Crippen MR) is 81.5 cm³/mol. The molecule has 0 heterocycles. The number of nitrogens with one attached hydrogen (secondary N) is 1. The summed E-state index contributed by atoms with van der Waals surface area (Å²) in [4.78, 5) is 12.6. The first-order chi connectivity index (χ1) is 9.62. The van der Waals surface area contributed by atoms with E-state index in [9.17, 15) is 9.90 Å². The van der Waals surface area contributed by atoms with Crippen LogP contribution in [0.25, 0.3) is 0 Å². The summed E-state index contributed by atoms with van der Waals surface area (Å²) < 4.78 is 1.03. The van der Waals surface area contributed by atoms with Crippen molar-refractivity contribution < 1.29 is 9.90 Å². The van der Waals surface area contributed by atoms with Crippen LogP contribution in [0, 0.1) is 0 Å². The molecule has 2 N–H and O–H groups in total. The lowest BCUT2D eigenvalue weighted by Gasteiger charge is -2.30. The van der Waals surface area contributed by atoms with Crippen molar-refractivity contribution in [2.75, 3.05) is 0 Å². The monoisotopic (exact) mass is 337 g/mol. The Morgan fingerprint density at radius 2 is 1.85 bits per heavy atom. The van der Waals surface area contributed by atoms with Crippen molar-refractivity contribution in [3.63, 3.8) is 0 Å². The normalized spacial score (nSPS) is 27.9. The van der Waals surface area contributed by atoms with E-state index in [0.29, 0.717) is 0 Å². The third-order valence-corrected chi connectivity index (χ3v) is 5.16. The SMILES string of the molecule is O=C(N[C@H]1CCCC[C@@H]1O)C1(c2ccc(Br)cc2)CC1. The molecule has 0 aliphatic heterocycles. The number of aliphatic hydroxyl groups is 1. The Balaban J connectivity index is 1.71. The molecule has 1 aromatic rings. The van der Waals surface area contributed by atoms with Gasteiger partial charge in [-0.25, -0.2) is 0 Å². The van der Waals surface area contributed by atoms with Crippen molar-refractivity contribution in [1.82, 2.24) is 5.32 Å². The topological polar surface area (TPSA) is 49.3 Å². The van der Waals surface area contributed by atoms with Crippen LogP contribution in [0.5, 0.6) is 0 Å². The molecule has 108 valence electrons. The van der Waals surface area contributed by atoms with E-state index in [-0.39, 0.29) is 23.5 Å². The minimum absolute atomic E-state index is 0.0656. The van der Waals surface area contributed by atoms with Gasteiger partial charge in [-0.15, -0.1) is 0 Å². The molecule has 1 amide bonds. The highest BCUT2D eigenvalue weighted by atomic mass is 79.9. The molecule has 3 rings (SSSR count). The molecule has 0 spiro atoms. The quantitative estimate of drug-likeness (QED) is 0.890. The van der Waals surface area contributed by atoms with Crippen LogP contribution >= 0.6 is 15.9 Å². The Hall–Kier alpha value is -0.870. The second-order valence-corrected chi connectivity index (χ2v) is 6.94. The van der Waals surface area contributed by atoms with E-state index in [1.165, 1.54) is 0 Å². The zero-order chi connectivity index (χ0) is 14.2. The van der Waals surface area contributed by atoms with Crippen molar-refractivity contribution in [2.45, 2.75) is 56.1 Å². The second kappa shape index (κ2) is 5.49. The average molecular weight is 338 g/mol. The van der Waals surface area contributed by atoms with E-state index in [4.69, 9.17) is 0 Å². The fourth-order valence-corrected chi connectivity index (χ4v) is 3.39. The number of hydrogen-bond acceptors (Lipinski definition) is 2. The van der Waals surface area contributed by atoms with Gasteiger partial charge >= 0.3 is 0 Å². The summed E-state index contributed by atoms with van der Waals surface area (Å²) in [5.74, 6) is 0.0887. The number of hydrogen-bond donors (Lipinski definition) is 2. The lowest BCUT2D eigenvalue weighted by Crippen LogP contribution is -2.48. The van der Waals surface area contributed by atoms with Gasteiger partial charge in [0, 0.05) is 4.47 Å². The van der Waals surface area contributed by atoms with Gasteiger partial charge in [0.15, 0.2) is 0 Å². The van der Waals surface area contributed by atoms with Gasteiger partial charge in [0.2, 0.25) is 5.91 Å². The maximum atomic E-state index is 12.6. The van der Waals surface area contributed by atoms with Crippen LogP contribution in [-0.2, 0) is 10.2 Å². The predicted octanol–water partition coefficient (Wildman–Crippen LogP) is 2.90. The molecule has 2 aliphatic carbocycles. The van der Waals surface area contributed by atoms with E-state index < -0.39 is 0 Å². The Bertz CT molecular complexity index is 496. The van der Waals surface area contributed by atoms with Gasteiger partial charge in [0.05, 0.1) is 17.6 Å². The number of rotatable bonds is 3. The van der Waals surface area contributed by atoms with Gasteiger partial charge in [-0.3, -0.25) is 4.79 Å². The van der Waals surface area contributed by atoms with E-state index in [1.54, 1.807) is 0 Å². The first kappa shape index (κ1) is 14.1. The standard InChI is InChI=1S/C16H20BrNO2/c17-12-7-5-11(6-8-12)16(9-10-16)15(20)18-13-3-1-2-4-14(13)19/h5-8,13-14,19H,1-4,9-10H2,(H,18,20)/t13-,14-/m0/s1. The van der Waals surface area contributed by atoms with Crippen molar-refractivity contribution >= 4 is 21.8 Å². The zero-order valence-electron chi connectivity index (χ0n) is 11.4. The lowest BCUT2D eigenvalue weighted by atomic mass is 9.90. The average Bonchev–Trinajstić information content (AvgIpc) is 3.24. The highest BCUT2D eigenvalue weighted by Gasteiger charge is 2.51.